The molecule has 2 rings (SSSR count). The van der Waals surface area contributed by atoms with Crippen LogP contribution in [-0.2, 0) is 11.3 Å². The van der Waals surface area contributed by atoms with Crippen LogP contribution in [0.15, 0.2) is 30.3 Å². The number of nitrogens with one attached hydrogen (secondary N) is 1. The molecule has 2 unspecified atom stereocenters. The molecule has 1 aromatic carbocycles. The molecule has 0 radical (unpaired) electrons. The van der Waals surface area contributed by atoms with Gasteiger partial charge in [0.15, 0.2) is 0 Å². The summed E-state index contributed by atoms with van der Waals surface area (Å²) in [5, 5.41) is 12.4. The molecule has 4 nitrogen and oxygen atoms in total. The molecule has 0 aliphatic carbocycles. The molecule has 0 aromatic heterocycles. The van der Waals surface area contributed by atoms with Gasteiger partial charge >= 0.3 is 0 Å². The molecule has 0 saturated carbocycles. The smallest absolute Gasteiger partial charge is 0.237 e. The first kappa shape index (κ1) is 18.0. The Labute approximate surface area is 139 Å². The van der Waals surface area contributed by atoms with Crippen LogP contribution in [0, 0.1) is 5.92 Å². The Balaban J connectivity index is 2.00. The van der Waals surface area contributed by atoms with Gasteiger partial charge in [0, 0.05) is 19.2 Å². The summed E-state index contributed by atoms with van der Waals surface area (Å²) in [6, 6.07) is 10.3. The van der Waals surface area contributed by atoms with Gasteiger partial charge in [-0.1, -0.05) is 50.6 Å². The number of likely N-dealkylation sites (tertiary alicyclic amines) is 1. The number of amides is 1. The van der Waals surface area contributed by atoms with Crippen LogP contribution in [0.5, 0.6) is 0 Å². The van der Waals surface area contributed by atoms with Crippen LogP contribution in [-0.4, -0.2) is 41.1 Å². The average Bonchev–Trinajstić information content (AvgIpc) is 2.55. The Bertz CT molecular complexity index is 476. The van der Waals surface area contributed by atoms with E-state index in [1.165, 1.54) is 5.56 Å². The van der Waals surface area contributed by atoms with Gasteiger partial charge in [0.25, 0.3) is 0 Å². The number of piperidine rings is 1. The molecule has 2 atom stereocenters. The van der Waals surface area contributed by atoms with Gasteiger partial charge in [0.2, 0.25) is 5.91 Å². The van der Waals surface area contributed by atoms with Gasteiger partial charge in [0.05, 0.1) is 6.04 Å². The van der Waals surface area contributed by atoms with E-state index in [-0.39, 0.29) is 24.6 Å². The van der Waals surface area contributed by atoms with Crippen molar-refractivity contribution in [3.05, 3.63) is 35.9 Å². The van der Waals surface area contributed by atoms with Gasteiger partial charge in [-0.2, -0.15) is 0 Å². The van der Waals surface area contributed by atoms with Gasteiger partial charge in [-0.25, -0.2) is 0 Å². The van der Waals surface area contributed by atoms with E-state index < -0.39 is 0 Å². The predicted octanol–water partition coefficient (Wildman–Crippen LogP) is 2.56. The summed E-state index contributed by atoms with van der Waals surface area (Å²) in [7, 11) is 0. The lowest BCUT2D eigenvalue weighted by Crippen LogP contribution is -2.52. The van der Waals surface area contributed by atoms with Crippen LogP contribution < -0.4 is 5.32 Å². The van der Waals surface area contributed by atoms with Crippen molar-refractivity contribution in [3.8, 4) is 0 Å². The number of rotatable bonds is 7. The van der Waals surface area contributed by atoms with Crippen LogP contribution in [0.1, 0.15) is 45.1 Å². The second kappa shape index (κ2) is 9.04. The fraction of sp³-hybridized carbons (Fsp3) is 0.632. The Kier molecular flexibility index (Phi) is 7.06. The van der Waals surface area contributed by atoms with E-state index in [1.807, 2.05) is 18.2 Å². The third kappa shape index (κ3) is 5.33. The predicted molar refractivity (Wildman–Crippen MR) is 93.0 cm³/mol. The lowest BCUT2D eigenvalue weighted by Gasteiger charge is -2.36. The number of benzene rings is 1. The van der Waals surface area contributed by atoms with E-state index in [9.17, 15) is 9.90 Å². The third-order valence-electron chi connectivity index (χ3n) is 4.72. The zero-order chi connectivity index (χ0) is 16.7. The average molecular weight is 318 g/mol. The Morgan fingerprint density at radius 3 is 2.70 bits per heavy atom. The van der Waals surface area contributed by atoms with Crippen molar-refractivity contribution in [1.29, 1.82) is 0 Å². The molecule has 0 bridgehead atoms. The first-order chi connectivity index (χ1) is 11.1. The first-order valence-corrected chi connectivity index (χ1v) is 8.81. The number of carbonyl (C=O) groups is 1. The maximum Gasteiger partial charge on any atom is 0.237 e. The van der Waals surface area contributed by atoms with E-state index >= 15 is 0 Å². The number of aliphatic hydroxyl groups excluding tert-OH is 1. The second-order valence-corrected chi connectivity index (χ2v) is 6.84. The van der Waals surface area contributed by atoms with Crippen LogP contribution in [0.2, 0.25) is 0 Å². The van der Waals surface area contributed by atoms with Crippen molar-refractivity contribution in [3.63, 3.8) is 0 Å². The van der Waals surface area contributed by atoms with Crippen molar-refractivity contribution in [2.75, 3.05) is 13.2 Å². The fourth-order valence-electron chi connectivity index (χ4n) is 3.29. The molecule has 23 heavy (non-hydrogen) atoms. The highest BCUT2D eigenvalue weighted by molar-refractivity contribution is 5.82. The molecule has 1 fully saturated rings. The van der Waals surface area contributed by atoms with Crippen molar-refractivity contribution in [2.45, 2.75) is 58.2 Å². The zero-order valence-corrected chi connectivity index (χ0v) is 14.4. The summed E-state index contributed by atoms with van der Waals surface area (Å²) in [5.74, 6) is 0.449. The second-order valence-electron chi connectivity index (χ2n) is 6.84. The largest absolute Gasteiger partial charge is 0.396 e. The van der Waals surface area contributed by atoms with Gasteiger partial charge < -0.3 is 10.4 Å². The van der Waals surface area contributed by atoms with E-state index in [4.69, 9.17) is 0 Å². The van der Waals surface area contributed by atoms with E-state index in [1.54, 1.807) is 0 Å². The summed E-state index contributed by atoms with van der Waals surface area (Å²) < 4.78 is 0. The van der Waals surface area contributed by atoms with Crippen molar-refractivity contribution < 1.29 is 9.90 Å². The lowest BCUT2D eigenvalue weighted by molar-refractivity contribution is -0.129. The molecule has 2 N–H and O–H groups in total. The van der Waals surface area contributed by atoms with Crippen LogP contribution >= 0.6 is 0 Å². The lowest BCUT2D eigenvalue weighted by atomic mass is 9.97. The van der Waals surface area contributed by atoms with Crippen molar-refractivity contribution >= 4 is 5.91 Å². The van der Waals surface area contributed by atoms with Crippen LogP contribution in [0.25, 0.3) is 0 Å². The highest BCUT2D eigenvalue weighted by Gasteiger charge is 2.30. The topological polar surface area (TPSA) is 52.6 Å². The van der Waals surface area contributed by atoms with Gasteiger partial charge in [-0.3, -0.25) is 9.69 Å². The quantitative estimate of drug-likeness (QED) is 0.812. The highest BCUT2D eigenvalue weighted by Crippen LogP contribution is 2.20. The third-order valence-corrected chi connectivity index (χ3v) is 4.72. The zero-order valence-electron chi connectivity index (χ0n) is 14.4. The van der Waals surface area contributed by atoms with Crippen molar-refractivity contribution in [2.24, 2.45) is 5.92 Å². The molecule has 1 aliphatic heterocycles. The minimum absolute atomic E-state index is 0.0491. The summed E-state index contributed by atoms with van der Waals surface area (Å²) >= 11 is 0. The summed E-state index contributed by atoms with van der Waals surface area (Å²) in [6.45, 7) is 6.08. The monoisotopic (exact) mass is 318 g/mol. The number of hydrogen-bond donors (Lipinski definition) is 2. The number of carbonyl (C=O) groups excluding carboxylic acids is 1. The molecule has 0 spiro atoms. The highest BCUT2D eigenvalue weighted by atomic mass is 16.3. The molecular weight excluding hydrogens is 288 g/mol. The fourth-order valence-corrected chi connectivity index (χ4v) is 3.29. The molecule has 1 aromatic rings. The van der Waals surface area contributed by atoms with E-state index in [2.05, 4.69) is 36.2 Å². The van der Waals surface area contributed by atoms with Crippen LogP contribution in [0.4, 0.5) is 0 Å². The standard InChI is InChI=1S/C19H30N2O2/c1-15(2)17(11-13-22)20-19(23)18-10-6-7-12-21(18)14-16-8-4-3-5-9-16/h3-5,8-9,15,17-18,22H,6-7,10-14H2,1-2H3,(H,20,23). The Morgan fingerprint density at radius 2 is 2.04 bits per heavy atom. The van der Waals surface area contributed by atoms with Gasteiger partial charge in [-0.05, 0) is 37.3 Å². The normalized spacial score (nSPS) is 20.4. The van der Waals surface area contributed by atoms with E-state index in [0.717, 1.165) is 32.4 Å². The minimum atomic E-state index is -0.0519. The molecule has 1 heterocycles. The first-order valence-electron chi connectivity index (χ1n) is 8.81. The maximum absolute atomic E-state index is 12.8. The summed E-state index contributed by atoms with van der Waals surface area (Å²) in [4.78, 5) is 15.1. The van der Waals surface area contributed by atoms with Gasteiger partial charge in [-0.15, -0.1) is 0 Å². The molecule has 4 heteroatoms. The van der Waals surface area contributed by atoms with E-state index in [0.29, 0.717) is 12.3 Å². The number of aliphatic hydroxyl groups is 1. The minimum Gasteiger partial charge on any atom is -0.396 e. The molecule has 1 aliphatic rings. The van der Waals surface area contributed by atoms with Crippen LogP contribution in [0.3, 0.4) is 0 Å². The maximum atomic E-state index is 12.8. The number of nitrogens with zero attached hydrogens (tertiary/aromatic N) is 1. The SMILES string of the molecule is CC(C)C(CCO)NC(=O)C1CCCCN1Cc1ccccc1. The summed E-state index contributed by atoms with van der Waals surface area (Å²) in [5.41, 5.74) is 1.25. The molecule has 1 saturated heterocycles. The van der Waals surface area contributed by atoms with Gasteiger partial charge in [0.1, 0.15) is 0 Å². The Hall–Kier alpha value is -1.39. The summed E-state index contributed by atoms with van der Waals surface area (Å²) in [6.07, 6.45) is 3.80. The van der Waals surface area contributed by atoms with Crippen molar-refractivity contribution in [1.82, 2.24) is 10.2 Å². The molecule has 128 valence electrons. The molecule has 1 amide bonds. The molecular formula is C19H30N2O2. The Morgan fingerprint density at radius 1 is 1.30 bits per heavy atom. The number of hydrogen-bond acceptors (Lipinski definition) is 3.